The Kier molecular flexibility index (Phi) is 5.81. The fraction of sp³-hybridized carbons (Fsp3) is 0.524. The third-order valence-electron chi connectivity index (χ3n) is 5.71. The summed E-state index contributed by atoms with van der Waals surface area (Å²) in [6, 6.07) is 5.27. The number of fused-ring (bicyclic) bond motifs is 1. The minimum Gasteiger partial charge on any atom is -0.494 e. The Morgan fingerprint density at radius 3 is 2.59 bits per heavy atom. The van der Waals surface area contributed by atoms with Crippen LogP contribution in [0, 0.1) is 22.6 Å². The fourth-order valence-corrected chi connectivity index (χ4v) is 4.19. The third-order valence-corrected chi connectivity index (χ3v) is 5.71. The number of rotatable bonds is 2. The van der Waals surface area contributed by atoms with E-state index < -0.39 is 5.82 Å². The highest BCUT2D eigenvalue weighted by molar-refractivity contribution is 5.95. The Morgan fingerprint density at radius 1 is 1.26 bits per heavy atom. The highest BCUT2D eigenvalue weighted by atomic mass is 19.1. The average molecular weight is 370 g/mol. The standard InChI is InChI=1S/C19H21FN4O.C2H6/c1-25-17-9-16-14(8-15(17)20)18(13(10-21)11-23-16)24-6-3-19(4-7-24)2-5-22-12-19;1-2/h8-9,11,22H,2-7,12H2,1H3;1-2H3. The maximum Gasteiger partial charge on any atom is 0.165 e. The van der Waals surface area contributed by atoms with Crippen molar-refractivity contribution in [2.75, 3.05) is 38.2 Å². The first kappa shape index (κ1) is 19.4. The van der Waals surface area contributed by atoms with Gasteiger partial charge in [0.05, 0.1) is 23.9 Å². The molecule has 144 valence electrons. The normalized spacial score (nSPS) is 18.1. The Morgan fingerprint density at radius 2 is 2.00 bits per heavy atom. The molecule has 5 nitrogen and oxygen atoms in total. The average Bonchev–Trinajstić information content (AvgIpc) is 3.17. The first-order valence-corrected chi connectivity index (χ1v) is 9.68. The van der Waals surface area contributed by atoms with Crippen LogP contribution in [0.3, 0.4) is 0 Å². The molecule has 0 bridgehead atoms. The van der Waals surface area contributed by atoms with E-state index in [-0.39, 0.29) is 5.75 Å². The molecule has 2 fully saturated rings. The number of anilines is 1. The smallest absolute Gasteiger partial charge is 0.165 e. The molecule has 0 aliphatic carbocycles. The van der Waals surface area contributed by atoms with Crippen molar-refractivity contribution in [3.8, 4) is 11.8 Å². The Labute approximate surface area is 160 Å². The summed E-state index contributed by atoms with van der Waals surface area (Å²) in [6.45, 7) is 7.92. The van der Waals surface area contributed by atoms with Crippen molar-refractivity contribution < 1.29 is 9.13 Å². The van der Waals surface area contributed by atoms with Crippen molar-refractivity contribution in [2.45, 2.75) is 33.1 Å². The van der Waals surface area contributed by atoms with Crippen LogP contribution < -0.4 is 15.0 Å². The van der Waals surface area contributed by atoms with Crippen LogP contribution in [0.2, 0.25) is 0 Å². The summed E-state index contributed by atoms with van der Waals surface area (Å²) in [5, 5.41) is 13.7. The highest BCUT2D eigenvalue weighted by Crippen LogP contribution is 2.41. The Bertz CT molecular complexity index is 845. The van der Waals surface area contributed by atoms with Crippen LogP contribution >= 0.6 is 0 Å². The number of nitrogens with zero attached hydrogens (tertiary/aromatic N) is 3. The van der Waals surface area contributed by atoms with Gasteiger partial charge in [-0.25, -0.2) is 4.39 Å². The van der Waals surface area contributed by atoms with E-state index in [1.54, 1.807) is 12.3 Å². The number of hydrogen-bond acceptors (Lipinski definition) is 5. The van der Waals surface area contributed by atoms with Gasteiger partial charge in [-0.15, -0.1) is 0 Å². The van der Waals surface area contributed by atoms with E-state index >= 15 is 0 Å². The summed E-state index contributed by atoms with van der Waals surface area (Å²) in [7, 11) is 1.44. The minimum absolute atomic E-state index is 0.172. The number of benzene rings is 1. The maximum absolute atomic E-state index is 14.3. The molecule has 0 unspecified atom stereocenters. The summed E-state index contributed by atoms with van der Waals surface area (Å²) >= 11 is 0. The second kappa shape index (κ2) is 8.10. The summed E-state index contributed by atoms with van der Waals surface area (Å²) in [4.78, 5) is 6.54. The number of aromatic nitrogens is 1. The number of halogens is 1. The van der Waals surface area contributed by atoms with Crippen LogP contribution in [0.25, 0.3) is 10.9 Å². The van der Waals surface area contributed by atoms with Gasteiger partial charge in [0.2, 0.25) is 0 Å². The van der Waals surface area contributed by atoms with Crippen LogP contribution in [0.15, 0.2) is 18.3 Å². The Hall–Kier alpha value is -2.39. The second-order valence-corrected chi connectivity index (χ2v) is 7.05. The van der Waals surface area contributed by atoms with Crippen molar-refractivity contribution in [2.24, 2.45) is 5.41 Å². The summed E-state index contributed by atoms with van der Waals surface area (Å²) < 4.78 is 19.3. The van der Waals surface area contributed by atoms with E-state index in [0.29, 0.717) is 21.9 Å². The zero-order chi connectivity index (χ0) is 19.4. The summed E-state index contributed by atoms with van der Waals surface area (Å²) in [5.74, 6) is -0.258. The van der Waals surface area contributed by atoms with E-state index in [2.05, 4.69) is 21.3 Å². The van der Waals surface area contributed by atoms with Gasteiger partial charge in [-0.1, -0.05) is 13.8 Å². The number of piperidine rings is 1. The second-order valence-electron chi connectivity index (χ2n) is 7.05. The molecule has 2 aliphatic rings. The van der Waals surface area contributed by atoms with Gasteiger partial charge in [0.25, 0.3) is 0 Å². The highest BCUT2D eigenvalue weighted by Gasteiger charge is 2.37. The number of methoxy groups -OCH3 is 1. The molecule has 0 saturated carbocycles. The summed E-state index contributed by atoms with van der Waals surface area (Å²) in [5.41, 5.74) is 2.34. The molecule has 2 aliphatic heterocycles. The molecule has 0 radical (unpaired) electrons. The molecule has 3 heterocycles. The SMILES string of the molecule is CC.COc1cc2ncc(C#N)c(N3CCC4(CCNC4)CC3)c2cc1F. The molecule has 0 atom stereocenters. The molecule has 0 amide bonds. The van der Waals surface area contributed by atoms with Gasteiger partial charge in [-0.05, 0) is 37.3 Å². The van der Waals surface area contributed by atoms with Crippen LogP contribution in [0.5, 0.6) is 5.75 Å². The number of pyridine rings is 1. The predicted molar refractivity (Wildman–Crippen MR) is 106 cm³/mol. The summed E-state index contributed by atoms with van der Waals surface area (Å²) in [6.07, 6.45) is 4.98. The van der Waals surface area contributed by atoms with Crippen molar-refractivity contribution in [1.82, 2.24) is 10.3 Å². The zero-order valence-corrected chi connectivity index (χ0v) is 16.3. The fourth-order valence-electron chi connectivity index (χ4n) is 4.19. The van der Waals surface area contributed by atoms with Crippen LogP contribution in [0.4, 0.5) is 10.1 Å². The maximum atomic E-state index is 14.3. The van der Waals surface area contributed by atoms with Gasteiger partial charge in [-0.2, -0.15) is 5.26 Å². The molecule has 2 aromatic rings. The van der Waals surface area contributed by atoms with E-state index in [1.807, 2.05) is 13.8 Å². The number of ether oxygens (including phenoxy) is 1. The van der Waals surface area contributed by atoms with E-state index in [9.17, 15) is 9.65 Å². The van der Waals surface area contributed by atoms with Gasteiger partial charge in [0.15, 0.2) is 11.6 Å². The monoisotopic (exact) mass is 370 g/mol. The molecular weight excluding hydrogens is 343 g/mol. The van der Waals surface area contributed by atoms with Crippen molar-refractivity contribution >= 4 is 16.6 Å². The lowest BCUT2D eigenvalue weighted by molar-refractivity contribution is 0.247. The van der Waals surface area contributed by atoms with Gasteiger partial charge in [0, 0.05) is 37.3 Å². The molecule has 1 aromatic heterocycles. The van der Waals surface area contributed by atoms with E-state index in [4.69, 9.17) is 4.74 Å². The first-order chi connectivity index (χ1) is 13.2. The molecule has 1 aromatic carbocycles. The zero-order valence-electron chi connectivity index (χ0n) is 16.3. The van der Waals surface area contributed by atoms with Crippen LogP contribution in [-0.4, -0.2) is 38.3 Å². The number of hydrogen-bond donors (Lipinski definition) is 1. The van der Waals surface area contributed by atoms with E-state index in [1.165, 1.54) is 19.6 Å². The third kappa shape index (κ3) is 3.57. The lowest BCUT2D eigenvalue weighted by Crippen LogP contribution is -2.41. The van der Waals surface area contributed by atoms with Crippen LogP contribution in [0.1, 0.15) is 38.7 Å². The van der Waals surface area contributed by atoms with Crippen LogP contribution in [-0.2, 0) is 0 Å². The Balaban J connectivity index is 0.00000102. The molecule has 4 rings (SSSR count). The van der Waals surface area contributed by atoms with Crippen molar-refractivity contribution in [1.29, 1.82) is 5.26 Å². The van der Waals surface area contributed by atoms with Gasteiger partial charge >= 0.3 is 0 Å². The molecule has 1 N–H and O–H groups in total. The molecule has 1 spiro atoms. The lowest BCUT2D eigenvalue weighted by atomic mass is 9.77. The molecule has 27 heavy (non-hydrogen) atoms. The number of nitriles is 1. The first-order valence-electron chi connectivity index (χ1n) is 9.68. The largest absolute Gasteiger partial charge is 0.494 e. The van der Waals surface area contributed by atoms with Gasteiger partial charge in [-0.3, -0.25) is 4.98 Å². The lowest BCUT2D eigenvalue weighted by Gasteiger charge is -2.40. The topological polar surface area (TPSA) is 61.2 Å². The minimum atomic E-state index is -0.429. The van der Waals surface area contributed by atoms with Gasteiger partial charge < -0.3 is 15.0 Å². The van der Waals surface area contributed by atoms with Crippen molar-refractivity contribution in [3.63, 3.8) is 0 Å². The quantitative estimate of drug-likeness (QED) is 0.870. The molecule has 6 heteroatoms. The molecular formula is C21H27FN4O. The predicted octanol–water partition coefficient (Wildman–Crippen LogP) is 3.86. The van der Waals surface area contributed by atoms with Crippen molar-refractivity contribution in [3.05, 3.63) is 29.7 Å². The molecule has 2 saturated heterocycles. The van der Waals surface area contributed by atoms with E-state index in [0.717, 1.165) is 44.7 Å². The van der Waals surface area contributed by atoms with Gasteiger partial charge in [0.1, 0.15) is 6.07 Å². The number of nitrogens with one attached hydrogen (secondary N) is 1.